The topological polar surface area (TPSA) is 159 Å². The van der Waals surface area contributed by atoms with E-state index in [1.807, 2.05) is 20.8 Å². The number of nitrogens with two attached hydrogens (primary N) is 1. The third-order valence-electron chi connectivity index (χ3n) is 5.52. The molecule has 0 saturated heterocycles. The number of ether oxygens (including phenoxy) is 2. The number of rotatable bonds is 11. The van der Waals surface area contributed by atoms with E-state index < -0.39 is 35.8 Å². The van der Waals surface area contributed by atoms with Crippen LogP contribution in [0, 0.1) is 5.41 Å². The molecule has 0 saturated carbocycles. The van der Waals surface area contributed by atoms with Gasteiger partial charge in [-0.25, -0.2) is 4.79 Å². The number of hydrogen-bond acceptors (Lipinski definition) is 7. The SMILES string of the molecule is CCOc1cc(C(Nc2ccc(C(=N)N)cc2)C(=O)NNc2ccc(C(F)(F)F)cc2)ccc1OC(C)C.O=C(O)C(F)(F)F. The first-order valence-corrected chi connectivity index (χ1v) is 13.1. The van der Waals surface area contributed by atoms with Crippen LogP contribution >= 0.6 is 0 Å². The number of carbonyl (C=O) groups excluding carboxylic acids is 1. The number of carboxylic acid groups (broad SMARTS) is 1. The number of hydrazine groups is 1. The van der Waals surface area contributed by atoms with E-state index in [4.69, 9.17) is 30.5 Å². The number of amides is 1. The fourth-order valence-corrected chi connectivity index (χ4v) is 3.49. The molecular formula is C29H31F6N5O5. The van der Waals surface area contributed by atoms with Gasteiger partial charge in [-0.3, -0.25) is 21.1 Å². The molecule has 244 valence electrons. The van der Waals surface area contributed by atoms with Gasteiger partial charge in [-0.15, -0.1) is 0 Å². The zero-order valence-electron chi connectivity index (χ0n) is 24.1. The Hall–Kier alpha value is -5.15. The van der Waals surface area contributed by atoms with E-state index in [1.54, 1.807) is 42.5 Å². The average Bonchev–Trinajstić information content (AvgIpc) is 2.95. The highest BCUT2D eigenvalue weighted by Gasteiger charge is 2.38. The van der Waals surface area contributed by atoms with Crippen molar-refractivity contribution in [2.75, 3.05) is 17.3 Å². The summed E-state index contributed by atoms with van der Waals surface area (Å²) in [5.74, 6) is -2.37. The Labute approximate surface area is 254 Å². The van der Waals surface area contributed by atoms with E-state index in [1.165, 1.54) is 12.1 Å². The van der Waals surface area contributed by atoms with Gasteiger partial charge >= 0.3 is 18.3 Å². The van der Waals surface area contributed by atoms with E-state index in [0.717, 1.165) is 12.1 Å². The summed E-state index contributed by atoms with van der Waals surface area (Å²) in [5.41, 5.74) is 11.8. The maximum absolute atomic E-state index is 13.3. The van der Waals surface area contributed by atoms with Crippen molar-refractivity contribution < 1.29 is 50.5 Å². The van der Waals surface area contributed by atoms with Crippen molar-refractivity contribution in [3.63, 3.8) is 0 Å². The van der Waals surface area contributed by atoms with Crippen molar-refractivity contribution in [1.29, 1.82) is 5.41 Å². The van der Waals surface area contributed by atoms with Crippen molar-refractivity contribution in [3.8, 4) is 11.5 Å². The summed E-state index contributed by atoms with van der Waals surface area (Å²) in [6.45, 7) is 5.99. The highest BCUT2D eigenvalue weighted by molar-refractivity contribution is 5.95. The maximum Gasteiger partial charge on any atom is 0.490 e. The zero-order chi connectivity index (χ0) is 33.9. The first-order valence-electron chi connectivity index (χ1n) is 13.1. The highest BCUT2D eigenvalue weighted by atomic mass is 19.4. The van der Waals surface area contributed by atoms with Gasteiger partial charge in [-0.2, -0.15) is 26.3 Å². The van der Waals surface area contributed by atoms with Crippen molar-refractivity contribution in [3.05, 3.63) is 83.4 Å². The van der Waals surface area contributed by atoms with Gasteiger partial charge in [0.15, 0.2) is 11.5 Å². The van der Waals surface area contributed by atoms with Gasteiger partial charge in [-0.1, -0.05) is 6.07 Å². The second-order valence-electron chi connectivity index (χ2n) is 9.37. The Bertz CT molecular complexity index is 1450. The fraction of sp³-hybridized carbons (Fsp3) is 0.276. The van der Waals surface area contributed by atoms with E-state index in [9.17, 15) is 31.1 Å². The summed E-state index contributed by atoms with van der Waals surface area (Å²) in [5, 5.41) is 17.8. The summed E-state index contributed by atoms with van der Waals surface area (Å²) in [7, 11) is 0. The second-order valence-corrected chi connectivity index (χ2v) is 9.37. The lowest BCUT2D eigenvalue weighted by Gasteiger charge is -2.22. The van der Waals surface area contributed by atoms with Gasteiger partial charge in [-0.05, 0) is 87.0 Å². The molecule has 45 heavy (non-hydrogen) atoms. The first-order chi connectivity index (χ1) is 20.9. The van der Waals surface area contributed by atoms with Crippen LogP contribution in [-0.2, 0) is 15.8 Å². The molecule has 7 N–H and O–H groups in total. The molecule has 0 aliphatic carbocycles. The minimum Gasteiger partial charge on any atom is -0.490 e. The van der Waals surface area contributed by atoms with Gasteiger partial charge in [0.2, 0.25) is 0 Å². The van der Waals surface area contributed by atoms with Crippen molar-refractivity contribution >= 4 is 29.1 Å². The van der Waals surface area contributed by atoms with Crippen LogP contribution in [0.1, 0.15) is 43.5 Å². The Balaban J connectivity index is 0.000000900. The number of aliphatic carboxylic acids is 1. The van der Waals surface area contributed by atoms with Crippen molar-refractivity contribution in [2.24, 2.45) is 5.73 Å². The number of halogens is 6. The van der Waals surface area contributed by atoms with Crippen LogP contribution in [-0.4, -0.2) is 41.7 Å². The molecule has 0 spiro atoms. The number of nitrogen functional groups attached to an aromatic ring is 1. The summed E-state index contributed by atoms with van der Waals surface area (Å²) in [6.07, 6.45) is -9.64. The standard InChI is InChI=1S/C27H30F3N5O3.C2HF3O2/c1-4-37-23-15-18(7-14-22(23)38-16(2)3)24(33-20-10-5-17(6-11-20)25(31)32)26(36)35-34-21-12-8-19(9-13-21)27(28,29)30;3-2(4,5)1(6)7/h5-16,24,33-34H,4H2,1-3H3,(H3,31,32)(H,35,36);(H,6,7). The average molecular weight is 644 g/mol. The molecular weight excluding hydrogens is 612 g/mol. The minimum absolute atomic E-state index is 0.0892. The Kier molecular flexibility index (Phi) is 12.4. The highest BCUT2D eigenvalue weighted by Crippen LogP contribution is 2.33. The Morgan fingerprint density at radius 3 is 1.93 bits per heavy atom. The van der Waals surface area contributed by atoms with Crippen molar-refractivity contribution in [1.82, 2.24) is 5.43 Å². The number of hydrogen-bond donors (Lipinski definition) is 6. The van der Waals surface area contributed by atoms with Gasteiger partial charge in [0.25, 0.3) is 5.91 Å². The molecule has 3 aromatic rings. The lowest BCUT2D eigenvalue weighted by molar-refractivity contribution is -0.192. The second kappa shape index (κ2) is 15.5. The van der Waals surface area contributed by atoms with E-state index in [0.29, 0.717) is 34.9 Å². The molecule has 0 aliphatic heterocycles. The molecule has 1 amide bonds. The summed E-state index contributed by atoms with van der Waals surface area (Å²) >= 11 is 0. The van der Waals surface area contributed by atoms with Gasteiger partial charge in [0.05, 0.1) is 24.0 Å². The lowest BCUT2D eigenvalue weighted by atomic mass is 10.0. The van der Waals surface area contributed by atoms with Gasteiger partial charge < -0.3 is 25.6 Å². The van der Waals surface area contributed by atoms with Crippen molar-refractivity contribution in [2.45, 2.75) is 45.3 Å². The van der Waals surface area contributed by atoms with E-state index in [-0.39, 0.29) is 17.6 Å². The predicted molar refractivity (Wildman–Crippen MR) is 154 cm³/mol. The van der Waals surface area contributed by atoms with Gasteiger partial charge in [0.1, 0.15) is 11.9 Å². The number of nitrogens with one attached hydrogen (secondary N) is 4. The molecule has 0 bridgehead atoms. The smallest absolute Gasteiger partial charge is 0.490 e. The van der Waals surface area contributed by atoms with Gasteiger partial charge in [0, 0.05) is 11.3 Å². The third-order valence-corrected chi connectivity index (χ3v) is 5.52. The van der Waals surface area contributed by atoms with Crippen LogP contribution < -0.4 is 31.4 Å². The number of benzene rings is 3. The fourth-order valence-electron chi connectivity index (χ4n) is 3.49. The van der Waals surface area contributed by atoms with Crippen LogP contribution in [0.2, 0.25) is 0 Å². The van der Waals surface area contributed by atoms with Crippen LogP contribution in [0.3, 0.4) is 0 Å². The first kappa shape index (κ1) is 36.0. The summed E-state index contributed by atoms with van der Waals surface area (Å²) in [4.78, 5) is 22.2. The van der Waals surface area contributed by atoms with Crippen LogP contribution in [0.5, 0.6) is 11.5 Å². The minimum atomic E-state index is -5.08. The third kappa shape index (κ3) is 11.5. The van der Waals surface area contributed by atoms with E-state index in [2.05, 4.69) is 16.2 Å². The molecule has 0 heterocycles. The van der Waals surface area contributed by atoms with Crippen LogP contribution in [0.15, 0.2) is 66.7 Å². The number of carboxylic acids is 1. The lowest BCUT2D eigenvalue weighted by Crippen LogP contribution is -2.37. The van der Waals surface area contributed by atoms with Crippen LogP contribution in [0.25, 0.3) is 0 Å². The molecule has 0 aliphatic rings. The largest absolute Gasteiger partial charge is 0.490 e. The Morgan fingerprint density at radius 1 is 0.911 bits per heavy atom. The molecule has 3 rings (SSSR count). The number of amidine groups is 1. The maximum atomic E-state index is 13.3. The number of anilines is 2. The molecule has 3 aromatic carbocycles. The summed E-state index contributed by atoms with van der Waals surface area (Å²) in [6, 6.07) is 15.1. The molecule has 0 fully saturated rings. The molecule has 16 heteroatoms. The molecule has 0 aromatic heterocycles. The molecule has 10 nitrogen and oxygen atoms in total. The summed E-state index contributed by atoms with van der Waals surface area (Å²) < 4.78 is 81.8. The van der Waals surface area contributed by atoms with Crippen LogP contribution in [0.4, 0.5) is 37.7 Å². The Morgan fingerprint density at radius 2 is 1.47 bits per heavy atom. The monoisotopic (exact) mass is 643 g/mol. The number of carbonyl (C=O) groups is 2. The predicted octanol–water partition coefficient (Wildman–Crippen LogP) is 6.11. The molecule has 1 atom stereocenters. The van der Waals surface area contributed by atoms with E-state index >= 15 is 0 Å². The zero-order valence-corrected chi connectivity index (χ0v) is 24.1. The quantitative estimate of drug-likeness (QED) is 0.0633. The normalized spacial score (nSPS) is 11.9. The number of alkyl halides is 6. The molecule has 1 unspecified atom stereocenters. The molecule has 0 radical (unpaired) electrons.